The molecular formula is C11H18N4O. The molecule has 1 amide bonds. The maximum Gasteiger partial charge on any atom is 0.288 e. The number of aromatic amines is 1. The Labute approximate surface area is 95.0 Å². The van der Waals surface area contributed by atoms with E-state index in [4.69, 9.17) is 0 Å². The zero-order chi connectivity index (χ0) is 11.4. The van der Waals surface area contributed by atoms with Crippen molar-refractivity contribution in [2.75, 3.05) is 6.54 Å². The van der Waals surface area contributed by atoms with Crippen LogP contribution in [0.4, 0.5) is 0 Å². The van der Waals surface area contributed by atoms with Crippen LogP contribution in [0.25, 0.3) is 0 Å². The molecule has 0 bridgehead atoms. The van der Waals surface area contributed by atoms with Gasteiger partial charge in [-0.25, -0.2) is 4.98 Å². The van der Waals surface area contributed by atoms with E-state index in [2.05, 4.69) is 27.4 Å². The summed E-state index contributed by atoms with van der Waals surface area (Å²) in [6.45, 7) is 2.95. The SMILES string of the molecule is CCC1(CNC(=O)c2ncn[nH]2)CCCC1. The highest BCUT2D eigenvalue weighted by Crippen LogP contribution is 2.40. The minimum absolute atomic E-state index is 0.155. The number of H-pyrrole nitrogens is 1. The maximum absolute atomic E-state index is 11.7. The van der Waals surface area contributed by atoms with Crippen LogP contribution in [0, 0.1) is 5.41 Å². The molecule has 1 aromatic heterocycles. The smallest absolute Gasteiger partial charge is 0.288 e. The first-order chi connectivity index (χ1) is 7.76. The molecule has 2 N–H and O–H groups in total. The summed E-state index contributed by atoms with van der Waals surface area (Å²) < 4.78 is 0. The van der Waals surface area contributed by atoms with Gasteiger partial charge in [-0.1, -0.05) is 19.8 Å². The molecule has 0 unspecified atom stereocenters. The quantitative estimate of drug-likeness (QED) is 0.811. The number of rotatable bonds is 4. The van der Waals surface area contributed by atoms with Crippen molar-refractivity contribution < 1.29 is 4.79 Å². The summed E-state index contributed by atoms with van der Waals surface area (Å²) in [5.74, 6) is 0.140. The fourth-order valence-electron chi connectivity index (χ4n) is 2.45. The van der Waals surface area contributed by atoms with Crippen LogP contribution in [0.2, 0.25) is 0 Å². The highest BCUT2D eigenvalue weighted by molar-refractivity contribution is 5.90. The third-order valence-corrected chi connectivity index (χ3v) is 3.67. The average Bonchev–Trinajstić information content (AvgIpc) is 2.98. The Kier molecular flexibility index (Phi) is 3.22. The highest BCUT2D eigenvalue weighted by Gasteiger charge is 2.32. The second-order valence-corrected chi connectivity index (χ2v) is 4.58. The largest absolute Gasteiger partial charge is 0.349 e. The van der Waals surface area contributed by atoms with E-state index in [0.29, 0.717) is 11.2 Å². The lowest BCUT2D eigenvalue weighted by Crippen LogP contribution is -2.36. The minimum Gasteiger partial charge on any atom is -0.349 e. The van der Waals surface area contributed by atoms with Crippen molar-refractivity contribution in [3.63, 3.8) is 0 Å². The van der Waals surface area contributed by atoms with Crippen LogP contribution in [-0.2, 0) is 0 Å². The second-order valence-electron chi connectivity index (χ2n) is 4.58. The van der Waals surface area contributed by atoms with Gasteiger partial charge in [0.1, 0.15) is 6.33 Å². The standard InChI is InChI=1S/C11H18N4O/c1-2-11(5-3-4-6-11)7-12-10(16)9-13-8-14-15-9/h8H,2-7H2,1H3,(H,12,16)(H,13,14,15). The van der Waals surface area contributed by atoms with Crippen LogP contribution in [0.15, 0.2) is 6.33 Å². The zero-order valence-electron chi connectivity index (χ0n) is 9.62. The number of carbonyl (C=O) groups is 1. The lowest BCUT2D eigenvalue weighted by Gasteiger charge is -2.27. The van der Waals surface area contributed by atoms with Gasteiger partial charge < -0.3 is 5.32 Å². The molecule has 0 atom stereocenters. The summed E-state index contributed by atoms with van der Waals surface area (Å²) in [5, 5.41) is 9.18. The second kappa shape index (κ2) is 4.63. The van der Waals surface area contributed by atoms with Gasteiger partial charge in [0.25, 0.3) is 5.91 Å². The third-order valence-electron chi connectivity index (χ3n) is 3.67. The predicted molar refractivity (Wildman–Crippen MR) is 59.9 cm³/mol. The Morgan fingerprint density at radius 1 is 1.56 bits per heavy atom. The molecule has 5 nitrogen and oxygen atoms in total. The molecule has 1 aliphatic rings. The molecule has 0 aromatic carbocycles. The Morgan fingerprint density at radius 2 is 2.31 bits per heavy atom. The average molecular weight is 222 g/mol. The van der Waals surface area contributed by atoms with E-state index in [1.807, 2.05) is 0 Å². The third kappa shape index (κ3) is 2.23. The van der Waals surface area contributed by atoms with Crippen molar-refractivity contribution in [1.82, 2.24) is 20.5 Å². The van der Waals surface area contributed by atoms with Crippen LogP contribution in [0.5, 0.6) is 0 Å². The Morgan fingerprint density at radius 3 is 2.88 bits per heavy atom. The van der Waals surface area contributed by atoms with Gasteiger partial charge in [-0.3, -0.25) is 9.89 Å². The van der Waals surface area contributed by atoms with E-state index in [1.165, 1.54) is 32.0 Å². The molecule has 1 fully saturated rings. The first-order valence-electron chi connectivity index (χ1n) is 5.89. The van der Waals surface area contributed by atoms with Gasteiger partial charge in [-0.2, -0.15) is 5.10 Å². The summed E-state index contributed by atoms with van der Waals surface area (Å²) >= 11 is 0. The van der Waals surface area contributed by atoms with Crippen LogP contribution < -0.4 is 5.32 Å². The molecule has 1 aliphatic carbocycles. The maximum atomic E-state index is 11.7. The van der Waals surface area contributed by atoms with E-state index in [-0.39, 0.29) is 5.91 Å². The molecule has 88 valence electrons. The lowest BCUT2D eigenvalue weighted by molar-refractivity contribution is 0.0918. The van der Waals surface area contributed by atoms with Crippen molar-refractivity contribution in [2.24, 2.45) is 5.41 Å². The Hall–Kier alpha value is -1.39. The van der Waals surface area contributed by atoms with Crippen molar-refractivity contribution in [3.8, 4) is 0 Å². The molecule has 0 radical (unpaired) electrons. The molecule has 0 aliphatic heterocycles. The zero-order valence-corrected chi connectivity index (χ0v) is 9.62. The summed E-state index contributed by atoms with van der Waals surface area (Å²) in [5.41, 5.74) is 0.315. The molecule has 1 saturated carbocycles. The molecule has 16 heavy (non-hydrogen) atoms. The van der Waals surface area contributed by atoms with Gasteiger partial charge in [-0.15, -0.1) is 0 Å². The number of carbonyl (C=O) groups excluding carboxylic acids is 1. The molecular weight excluding hydrogens is 204 g/mol. The van der Waals surface area contributed by atoms with Gasteiger partial charge in [0.15, 0.2) is 0 Å². The molecule has 1 aromatic rings. The molecule has 1 heterocycles. The van der Waals surface area contributed by atoms with E-state index >= 15 is 0 Å². The Balaban J connectivity index is 1.89. The normalized spacial score (nSPS) is 18.6. The van der Waals surface area contributed by atoms with Crippen molar-refractivity contribution >= 4 is 5.91 Å². The van der Waals surface area contributed by atoms with Crippen LogP contribution in [0.3, 0.4) is 0 Å². The monoisotopic (exact) mass is 222 g/mol. The molecule has 0 spiro atoms. The van der Waals surface area contributed by atoms with Gasteiger partial charge in [-0.05, 0) is 24.7 Å². The summed E-state index contributed by atoms with van der Waals surface area (Å²) in [7, 11) is 0. The van der Waals surface area contributed by atoms with E-state index in [9.17, 15) is 4.79 Å². The number of aromatic nitrogens is 3. The minimum atomic E-state index is -0.155. The fraction of sp³-hybridized carbons (Fsp3) is 0.727. The molecule has 2 rings (SSSR count). The van der Waals surface area contributed by atoms with Gasteiger partial charge >= 0.3 is 0 Å². The fourth-order valence-corrected chi connectivity index (χ4v) is 2.45. The summed E-state index contributed by atoms with van der Waals surface area (Å²) in [6, 6.07) is 0. The van der Waals surface area contributed by atoms with Crippen molar-refractivity contribution in [1.29, 1.82) is 0 Å². The first-order valence-corrected chi connectivity index (χ1v) is 5.89. The molecule has 0 saturated heterocycles. The topological polar surface area (TPSA) is 70.7 Å². The molecule has 5 heteroatoms. The van der Waals surface area contributed by atoms with Crippen LogP contribution in [-0.4, -0.2) is 27.6 Å². The first kappa shape index (κ1) is 11.1. The van der Waals surface area contributed by atoms with E-state index in [0.717, 1.165) is 13.0 Å². The number of hydrogen-bond acceptors (Lipinski definition) is 3. The van der Waals surface area contributed by atoms with Crippen LogP contribution >= 0.6 is 0 Å². The van der Waals surface area contributed by atoms with E-state index < -0.39 is 0 Å². The Bertz CT molecular complexity index is 341. The summed E-state index contributed by atoms with van der Waals surface area (Å²) in [4.78, 5) is 15.5. The lowest BCUT2D eigenvalue weighted by atomic mass is 9.83. The summed E-state index contributed by atoms with van der Waals surface area (Å²) in [6.07, 6.45) is 7.49. The van der Waals surface area contributed by atoms with Gasteiger partial charge in [0.05, 0.1) is 0 Å². The van der Waals surface area contributed by atoms with E-state index in [1.54, 1.807) is 0 Å². The number of hydrogen-bond donors (Lipinski definition) is 2. The number of nitrogens with one attached hydrogen (secondary N) is 2. The van der Waals surface area contributed by atoms with Gasteiger partial charge in [0.2, 0.25) is 5.82 Å². The van der Waals surface area contributed by atoms with Crippen molar-refractivity contribution in [2.45, 2.75) is 39.0 Å². The van der Waals surface area contributed by atoms with Crippen LogP contribution in [0.1, 0.15) is 49.6 Å². The van der Waals surface area contributed by atoms with Crippen molar-refractivity contribution in [3.05, 3.63) is 12.2 Å². The number of nitrogens with zero attached hydrogens (tertiary/aromatic N) is 2. The van der Waals surface area contributed by atoms with Gasteiger partial charge in [0, 0.05) is 6.54 Å². The predicted octanol–water partition coefficient (Wildman–Crippen LogP) is 1.50. The highest BCUT2D eigenvalue weighted by atomic mass is 16.2. The number of amides is 1.